The molecule has 8 aliphatic rings. The summed E-state index contributed by atoms with van der Waals surface area (Å²) >= 11 is 0. The van der Waals surface area contributed by atoms with E-state index in [-0.39, 0.29) is 36.6 Å². The summed E-state index contributed by atoms with van der Waals surface area (Å²) in [6, 6.07) is 6.01. The standard InChI is InChI=1S/C44H65NO4/c1-28(2)18-30-14-16-42(23-30)24-31-19-33-11-13-38(48)22-32(33)7-5-9-39-43(37(21-31)26-42)25-34-10-12-36(27-47)44(39,45)40(34)41(3,49-43)35-8-4-6-29(20-35)15-17-46/h11,13,22,28-31,34-37,39-40,46-48H,4,6-8,10,12,14-21,23-27,45H2,1-3H3/t29-,30-,31-,34-,35-,36-,37+,39+,40+,41-,42-,43+,44+/m1/s1. The zero-order chi connectivity index (χ0) is 34.2. The number of aliphatic hydroxyl groups is 2. The topological polar surface area (TPSA) is 95.9 Å². The SMILES string of the molecule is CC(C)C[C@H]1CC[C@@]2(C1)C[C@@H]1Cc3ccc(O)cc3CC#C[C@H]3[C@]4(C[C@H]5CC[C@H](CO)[C@@]3(N)[C@@H]5[C@@](C)([C@@H]3CCC[C@H](CCO)C3)O4)[C@@H](C1)C2. The van der Waals surface area contributed by atoms with E-state index in [9.17, 15) is 15.3 Å². The van der Waals surface area contributed by atoms with Gasteiger partial charge in [0, 0.05) is 37.0 Å². The van der Waals surface area contributed by atoms with Crippen LogP contribution in [-0.4, -0.2) is 45.3 Å². The van der Waals surface area contributed by atoms with E-state index in [1.807, 2.05) is 12.1 Å². The predicted octanol–water partition coefficient (Wildman–Crippen LogP) is 7.81. The van der Waals surface area contributed by atoms with E-state index in [0.717, 1.165) is 56.8 Å². The van der Waals surface area contributed by atoms with Crippen LogP contribution in [0.5, 0.6) is 5.75 Å². The Hall–Kier alpha value is -1.58. The summed E-state index contributed by atoms with van der Waals surface area (Å²) < 4.78 is 8.11. The van der Waals surface area contributed by atoms with Gasteiger partial charge in [0.05, 0.1) is 17.1 Å². The highest BCUT2D eigenvalue weighted by Crippen LogP contribution is 2.71. The number of aliphatic hydroxyl groups excluding tert-OH is 2. The van der Waals surface area contributed by atoms with Gasteiger partial charge in [0.25, 0.3) is 0 Å². The average Bonchev–Trinajstić information content (AvgIpc) is 3.42. The number of nitrogens with two attached hydrogens (primary N) is 1. The van der Waals surface area contributed by atoms with Crippen molar-refractivity contribution in [1.82, 2.24) is 0 Å². The van der Waals surface area contributed by atoms with Crippen molar-refractivity contribution in [3.63, 3.8) is 0 Å². The van der Waals surface area contributed by atoms with Gasteiger partial charge in [-0.3, -0.25) is 0 Å². The molecule has 270 valence electrons. The van der Waals surface area contributed by atoms with E-state index in [4.69, 9.17) is 10.5 Å². The van der Waals surface area contributed by atoms with Crippen LogP contribution < -0.4 is 5.73 Å². The fraction of sp³-hybridized carbons (Fsp3) is 0.818. The molecule has 5 nitrogen and oxygen atoms in total. The molecule has 1 aromatic carbocycles. The maximum atomic E-state index is 11.1. The Morgan fingerprint density at radius 3 is 2.61 bits per heavy atom. The minimum Gasteiger partial charge on any atom is -0.508 e. The highest BCUT2D eigenvalue weighted by atomic mass is 16.5. The van der Waals surface area contributed by atoms with Crippen molar-refractivity contribution < 1.29 is 20.1 Å². The summed E-state index contributed by atoms with van der Waals surface area (Å²) in [5, 5.41) is 31.7. The summed E-state index contributed by atoms with van der Waals surface area (Å²) in [5.41, 5.74) is 9.57. The highest BCUT2D eigenvalue weighted by molar-refractivity contribution is 5.40. The second-order valence-corrected chi connectivity index (χ2v) is 19.4. The molecule has 6 bridgehead atoms. The van der Waals surface area contributed by atoms with E-state index in [1.54, 1.807) is 0 Å². The molecular formula is C44H65NO4. The summed E-state index contributed by atoms with van der Waals surface area (Å²) in [6.45, 7) is 7.62. The second kappa shape index (κ2) is 12.8. The van der Waals surface area contributed by atoms with Crippen molar-refractivity contribution in [3.05, 3.63) is 29.3 Å². The van der Waals surface area contributed by atoms with Gasteiger partial charge in [-0.1, -0.05) is 44.6 Å². The summed E-state index contributed by atoms with van der Waals surface area (Å²) in [6.07, 6.45) is 19.4. The molecule has 49 heavy (non-hydrogen) atoms. The molecule has 9 rings (SSSR count). The van der Waals surface area contributed by atoms with Crippen molar-refractivity contribution in [2.45, 2.75) is 147 Å². The second-order valence-electron chi connectivity index (χ2n) is 19.4. The lowest BCUT2D eigenvalue weighted by molar-refractivity contribution is -0.362. The largest absolute Gasteiger partial charge is 0.508 e. The maximum absolute atomic E-state index is 11.1. The van der Waals surface area contributed by atoms with Gasteiger partial charge in [0.2, 0.25) is 0 Å². The third-order valence-corrected chi connectivity index (χ3v) is 16.1. The number of ether oxygens (including phenoxy) is 1. The Morgan fingerprint density at radius 1 is 0.959 bits per heavy atom. The van der Waals surface area contributed by atoms with Crippen LogP contribution in [-0.2, 0) is 17.6 Å². The van der Waals surface area contributed by atoms with Gasteiger partial charge in [-0.05, 0) is 167 Å². The van der Waals surface area contributed by atoms with Crippen LogP contribution in [0, 0.1) is 76.4 Å². The lowest BCUT2D eigenvalue weighted by Gasteiger charge is -2.75. The third-order valence-electron chi connectivity index (χ3n) is 16.1. The number of aromatic hydroxyl groups is 1. The molecule has 2 aliphatic heterocycles. The van der Waals surface area contributed by atoms with Gasteiger partial charge in [-0.2, -0.15) is 0 Å². The minimum absolute atomic E-state index is 0.0180. The fourth-order valence-corrected chi connectivity index (χ4v) is 14.6. The Kier molecular flexibility index (Phi) is 9.03. The van der Waals surface area contributed by atoms with Crippen LogP contribution >= 0.6 is 0 Å². The lowest BCUT2D eigenvalue weighted by atomic mass is 9.38. The van der Waals surface area contributed by atoms with Crippen LogP contribution in [0.25, 0.3) is 0 Å². The first-order valence-electron chi connectivity index (χ1n) is 20.5. The van der Waals surface area contributed by atoms with Crippen molar-refractivity contribution >= 4 is 0 Å². The van der Waals surface area contributed by atoms with Gasteiger partial charge in [0.1, 0.15) is 5.75 Å². The molecule has 0 unspecified atom stereocenters. The normalized spacial score (nSPS) is 47.2. The molecule has 13 atom stereocenters. The molecule has 5 saturated carbocycles. The fourth-order valence-electron chi connectivity index (χ4n) is 14.6. The van der Waals surface area contributed by atoms with Crippen molar-refractivity contribution in [2.24, 2.45) is 70.3 Å². The van der Waals surface area contributed by atoms with Crippen LogP contribution in [0.4, 0.5) is 0 Å². The van der Waals surface area contributed by atoms with Crippen LogP contribution in [0.1, 0.15) is 128 Å². The monoisotopic (exact) mass is 671 g/mol. The molecule has 0 radical (unpaired) electrons. The lowest BCUT2D eigenvalue weighted by Crippen LogP contribution is -2.84. The number of hydrogen-bond donors (Lipinski definition) is 4. The third kappa shape index (κ3) is 5.64. The number of benzene rings is 1. The van der Waals surface area contributed by atoms with Crippen LogP contribution in [0.3, 0.4) is 0 Å². The van der Waals surface area contributed by atoms with Gasteiger partial charge >= 0.3 is 0 Å². The Balaban J connectivity index is 1.28. The summed E-state index contributed by atoms with van der Waals surface area (Å²) in [7, 11) is 0. The smallest absolute Gasteiger partial charge is 0.115 e. The first kappa shape index (κ1) is 34.5. The van der Waals surface area contributed by atoms with Crippen LogP contribution in [0.15, 0.2) is 18.2 Å². The maximum Gasteiger partial charge on any atom is 0.115 e. The molecular weight excluding hydrogens is 606 g/mol. The Morgan fingerprint density at radius 2 is 1.82 bits per heavy atom. The van der Waals surface area contributed by atoms with E-state index in [2.05, 4.69) is 38.7 Å². The Bertz CT molecular complexity index is 1450. The molecule has 2 spiro atoms. The molecule has 5 heteroatoms. The number of fused-ring (bicyclic) bond motifs is 4. The summed E-state index contributed by atoms with van der Waals surface area (Å²) in [4.78, 5) is 0. The quantitative estimate of drug-likeness (QED) is 0.232. The number of hydrogen-bond acceptors (Lipinski definition) is 5. The van der Waals surface area contributed by atoms with Crippen molar-refractivity contribution in [2.75, 3.05) is 13.2 Å². The molecule has 0 aromatic heterocycles. The number of phenolic OH excluding ortho intramolecular Hbond substituents is 1. The van der Waals surface area contributed by atoms with Gasteiger partial charge in [0.15, 0.2) is 0 Å². The Labute approximate surface area is 296 Å². The average molecular weight is 672 g/mol. The first-order valence-corrected chi connectivity index (χ1v) is 20.5. The van der Waals surface area contributed by atoms with Crippen molar-refractivity contribution in [1.29, 1.82) is 0 Å². The molecule has 7 fully saturated rings. The van der Waals surface area contributed by atoms with Gasteiger partial charge in [-0.15, -0.1) is 0 Å². The molecule has 2 saturated heterocycles. The van der Waals surface area contributed by atoms with Gasteiger partial charge < -0.3 is 25.8 Å². The van der Waals surface area contributed by atoms with E-state index in [0.29, 0.717) is 47.2 Å². The van der Waals surface area contributed by atoms with E-state index in [1.165, 1.54) is 68.9 Å². The minimum atomic E-state index is -0.606. The molecule has 2 heterocycles. The van der Waals surface area contributed by atoms with Crippen molar-refractivity contribution in [3.8, 4) is 17.6 Å². The molecule has 1 aromatic rings. The molecule has 6 aliphatic carbocycles. The van der Waals surface area contributed by atoms with E-state index >= 15 is 0 Å². The van der Waals surface area contributed by atoms with Crippen LogP contribution in [0.2, 0.25) is 0 Å². The molecule has 0 amide bonds. The summed E-state index contributed by atoms with van der Waals surface area (Å²) in [5.74, 6) is 12.0. The highest BCUT2D eigenvalue weighted by Gasteiger charge is 2.76. The van der Waals surface area contributed by atoms with Gasteiger partial charge in [-0.25, -0.2) is 0 Å². The number of rotatable bonds is 6. The zero-order valence-corrected chi connectivity index (χ0v) is 30.8. The zero-order valence-electron chi connectivity index (χ0n) is 30.8. The predicted molar refractivity (Wildman–Crippen MR) is 195 cm³/mol. The molecule has 5 N–H and O–H groups in total. The first-order chi connectivity index (χ1) is 23.5. The van der Waals surface area contributed by atoms with E-state index < -0.39 is 11.1 Å². The number of phenols is 1.